The van der Waals surface area contributed by atoms with Gasteiger partial charge in [0.05, 0.1) is 17.2 Å². The molecule has 0 aliphatic carbocycles. The molecule has 1 aromatic rings. The van der Waals surface area contributed by atoms with Gasteiger partial charge in [-0.15, -0.1) is 4.72 Å². The third-order valence-electron chi connectivity index (χ3n) is 4.86. The molecule has 0 aromatic heterocycles. The van der Waals surface area contributed by atoms with Crippen LogP contribution in [0.1, 0.15) is 67.0 Å². The average Bonchev–Trinajstić information content (AvgIpc) is 2.66. The van der Waals surface area contributed by atoms with Crippen LogP contribution in [-0.4, -0.2) is 27.6 Å². The van der Waals surface area contributed by atoms with Gasteiger partial charge in [-0.2, -0.15) is 0 Å². The Morgan fingerprint density at radius 3 is 2.12 bits per heavy atom. The van der Waals surface area contributed by atoms with E-state index in [1.807, 2.05) is 73.6 Å². The molecule has 0 spiro atoms. The highest BCUT2D eigenvalue weighted by Gasteiger charge is 2.51. The molecule has 0 amide bonds. The third kappa shape index (κ3) is 4.55. The van der Waals surface area contributed by atoms with Gasteiger partial charge in [0, 0.05) is 16.4 Å². The summed E-state index contributed by atoms with van der Waals surface area (Å²) < 4.78 is 27.2. The molecule has 0 saturated carbocycles. The molecular formula is C18H29BClNO3S. The van der Waals surface area contributed by atoms with Crippen LogP contribution in [0.2, 0.25) is 5.02 Å². The summed E-state index contributed by atoms with van der Waals surface area (Å²) in [5.41, 5.74) is 1.01. The van der Waals surface area contributed by atoms with Crippen molar-refractivity contribution >= 4 is 35.5 Å². The lowest BCUT2D eigenvalue weighted by Crippen LogP contribution is -2.41. The van der Waals surface area contributed by atoms with Gasteiger partial charge in [-0.25, -0.2) is 0 Å². The van der Waals surface area contributed by atoms with E-state index in [-0.39, 0.29) is 22.0 Å². The maximum atomic E-state index is 12.3. The molecule has 1 aromatic carbocycles. The second-order valence-electron chi connectivity index (χ2n) is 8.59. The summed E-state index contributed by atoms with van der Waals surface area (Å²) in [6.07, 6.45) is 0. The molecule has 1 fully saturated rings. The van der Waals surface area contributed by atoms with Crippen LogP contribution in [0.4, 0.5) is 0 Å². The first kappa shape index (κ1) is 21.1. The van der Waals surface area contributed by atoms with Gasteiger partial charge in [0.1, 0.15) is 4.75 Å². The number of rotatable bonds is 4. The minimum atomic E-state index is -1.16. The number of benzene rings is 1. The van der Waals surface area contributed by atoms with Gasteiger partial charge in [0.25, 0.3) is 0 Å². The van der Waals surface area contributed by atoms with Gasteiger partial charge < -0.3 is 13.9 Å². The number of nitrogens with one attached hydrogen (secondary N) is 1. The predicted molar refractivity (Wildman–Crippen MR) is 107 cm³/mol. The summed E-state index contributed by atoms with van der Waals surface area (Å²) in [6.45, 7) is 15.9. The third-order valence-corrected chi connectivity index (χ3v) is 6.86. The molecule has 25 heavy (non-hydrogen) atoms. The maximum Gasteiger partial charge on any atom is 0.494 e. The first-order chi connectivity index (χ1) is 11.2. The number of hydrogen-bond acceptors (Lipinski definition) is 4. The van der Waals surface area contributed by atoms with Crippen LogP contribution in [0, 0.1) is 0 Å². The lowest BCUT2D eigenvalue weighted by Gasteiger charge is -2.32. The lowest BCUT2D eigenvalue weighted by atomic mass is 9.78. The molecule has 1 N–H and O–H groups in total. The van der Waals surface area contributed by atoms with Gasteiger partial charge in [-0.1, -0.05) is 23.7 Å². The molecule has 0 bridgehead atoms. The Bertz CT molecular complexity index is 617. The monoisotopic (exact) mass is 385 g/mol. The summed E-state index contributed by atoms with van der Waals surface area (Å²) in [7, 11) is -0.441. The Morgan fingerprint density at radius 1 is 1.16 bits per heavy atom. The minimum Gasteiger partial charge on any atom is -0.598 e. The van der Waals surface area contributed by atoms with Crippen molar-refractivity contribution in [3.05, 3.63) is 28.8 Å². The molecule has 0 unspecified atom stereocenters. The Morgan fingerprint density at radius 2 is 1.68 bits per heavy atom. The van der Waals surface area contributed by atoms with Gasteiger partial charge >= 0.3 is 7.12 Å². The smallest absolute Gasteiger partial charge is 0.494 e. The van der Waals surface area contributed by atoms with Crippen LogP contribution < -0.4 is 10.2 Å². The van der Waals surface area contributed by atoms with Crippen LogP contribution in [0.3, 0.4) is 0 Å². The molecule has 2 rings (SSSR count). The van der Waals surface area contributed by atoms with Crippen molar-refractivity contribution < 1.29 is 13.9 Å². The summed E-state index contributed by atoms with van der Waals surface area (Å²) in [6, 6.07) is 5.65. The van der Waals surface area contributed by atoms with Crippen molar-refractivity contribution in [1.29, 1.82) is 0 Å². The first-order valence-corrected chi connectivity index (χ1v) is 10.1. The zero-order valence-electron chi connectivity index (χ0n) is 16.4. The van der Waals surface area contributed by atoms with Crippen LogP contribution >= 0.6 is 11.6 Å². The van der Waals surface area contributed by atoms with E-state index in [4.69, 9.17) is 20.9 Å². The molecule has 140 valence electrons. The summed E-state index contributed by atoms with van der Waals surface area (Å²) >= 11 is 5.33. The zero-order chi connectivity index (χ0) is 19.2. The Kier molecular flexibility index (Phi) is 5.95. The van der Waals surface area contributed by atoms with Gasteiger partial charge in [-0.05, 0) is 72.5 Å². The minimum absolute atomic E-state index is 0.125. The summed E-state index contributed by atoms with van der Waals surface area (Å²) in [4.78, 5) is 0. The van der Waals surface area contributed by atoms with Crippen molar-refractivity contribution in [3.63, 3.8) is 0 Å². The van der Waals surface area contributed by atoms with Crippen LogP contribution in [0.25, 0.3) is 0 Å². The topological polar surface area (TPSA) is 53.5 Å². The highest BCUT2D eigenvalue weighted by Crippen LogP contribution is 2.37. The van der Waals surface area contributed by atoms with E-state index in [0.29, 0.717) is 5.02 Å². The summed E-state index contributed by atoms with van der Waals surface area (Å²) in [5.74, 6) is 0. The van der Waals surface area contributed by atoms with Crippen LogP contribution in [0.15, 0.2) is 18.2 Å². The molecule has 1 aliphatic rings. The molecular weight excluding hydrogens is 357 g/mol. The average molecular weight is 386 g/mol. The predicted octanol–water partition coefficient (Wildman–Crippen LogP) is 3.75. The second kappa shape index (κ2) is 7.06. The van der Waals surface area contributed by atoms with E-state index in [1.165, 1.54) is 0 Å². The van der Waals surface area contributed by atoms with Crippen molar-refractivity contribution in [2.75, 3.05) is 0 Å². The summed E-state index contributed by atoms with van der Waals surface area (Å²) in [5, 5.41) is 0.609. The van der Waals surface area contributed by atoms with Crippen molar-refractivity contribution in [1.82, 2.24) is 4.72 Å². The van der Waals surface area contributed by atoms with Crippen molar-refractivity contribution in [3.8, 4) is 0 Å². The Balaban J connectivity index is 2.16. The van der Waals surface area contributed by atoms with Crippen LogP contribution in [-0.2, 0) is 20.7 Å². The van der Waals surface area contributed by atoms with Gasteiger partial charge in [0.2, 0.25) is 0 Å². The van der Waals surface area contributed by atoms with Gasteiger partial charge in [0.15, 0.2) is 0 Å². The van der Waals surface area contributed by atoms with Crippen molar-refractivity contribution in [2.45, 2.75) is 77.4 Å². The molecule has 7 heteroatoms. The highest BCUT2D eigenvalue weighted by atomic mass is 35.5. The van der Waals surface area contributed by atoms with E-state index < -0.39 is 18.5 Å². The maximum absolute atomic E-state index is 12.3. The standard InChI is InChI=1S/C18H29BClNO3S/c1-12(21-25(22)16(2,3)4)14-10-9-13(11-15(14)20)19-23-17(5,6)18(7,8)24-19/h9-12,21H,1-8H3/t12-,25+/m1/s1. The fourth-order valence-electron chi connectivity index (χ4n) is 2.42. The van der Waals surface area contributed by atoms with E-state index in [1.54, 1.807) is 0 Å². The molecule has 0 radical (unpaired) electrons. The van der Waals surface area contributed by atoms with Gasteiger partial charge in [-0.3, -0.25) is 0 Å². The SMILES string of the molecule is C[C@@H](N[S@@+]([O-])C(C)(C)C)c1ccc(B2OC(C)(C)C(C)(C)O2)cc1Cl. The Labute approximate surface area is 160 Å². The largest absolute Gasteiger partial charge is 0.598 e. The van der Waals surface area contributed by atoms with Crippen LogP contribution in [0.5, 0.6) is 0 Å². The fourth-order valence-corrected chi connectivity index (χ4v) is 3.58. The first-order valence-electron chi connectivity index (χ1n) is 8.57. The van der Waals surface area contributed by atoms with E-state index >= 15 is 0 Å². The van der Waals surface area contributed by atoms with E-state index in [9.17, 15) is 4.55 Å². The fraction of sp³-hybridized carbons (Fsp3) is 0.667. The second-order valence-corrected chi connectivity index (χ2v) is 11.0. The molecule has 1 saturated heterocycles. The lowest BCUT2D eigenvalue weighted by molar-refractivity contribution is 0.00578. The zero-order valence-corrected chi connectivity index (χ0v) is 18.0. The number of hydrogen-bond donors (Lipinski definition) is 1. The molecule has 1 aliphatic heterocycles. The highest BCUT2D eigenvalue weighted by molar-refractivity contribution is 7.90. The van der Waals surface area contributed by atoms with E-state index in [0.717, 1.165) is 11.0 Å². The van der Waals surface area contributed by atoms with Crippen molar-refractivity contribution in [2.24, 2.45) is 0 Å². The number of halogens is 1. The molecule has 4 nitrogen and oxygen atoms in total. The molecule has 1 heterocycles. The van der Waals surface area contributed by atoms with E-state index in [2.05, 4.69) is 4.72 Å². The quantitative estimate of drug-likeness (QED) is 0.633. The Hall–Kier alpha value is -0.235. The molecule has 2 atom stereocenters. The normalized spacial score (nSPS) is 22.1.